The Labute approximate surface area is 121 Å². The number of nitrogens with zero attached hydrogens (tertiary/aromatic N) is 2. The van der Waals surface area contributed by atoms with Gasteiger partial charge in [-0.25, -0.2) is 9.78 Å². The van der Waals surface area contributed by atoms with Gasteiger partial charge in [0.2, 0.25) is 0 Å². The second-order valence-corrected chi connectivity index (χ2v) is 4.90. The number of halogens is 1. The molecule has 1 unspecified atom stereocenters. The molecular weight excluding hydrogens is 284 g/mol. The second kappa shape index (κ2) is 6.19. The smallest absolute Gasteiger partial charge is 0.337 e. The van der Waals surface area contributed by atoms with Gasteiger partial charge in [-0.2, -0.15) is 0 Å². The monoisotopic (exact) mass is 298 g/mol. The van der Waals surface area contributed by atoms with Crippen molar-refractivity contribution in [2.45, 2.75) is 19.4 Å². The van der Waals surface area contributed by atoms with Gasteiger partial charge in [0.1, 0.15) is 5.69 Å². The summed E-state index contributed by atoms with van der Waals surface area (Å²) in [5, 5.41) is 8.91. The Balaban J connectivity index is 2.26. The van der Waals surface area contributed by atoms with Crippen LogP contribution < -0.4 is 0 Å². The van der Waals surface area contributed by atoms with E-state index in [9.17, 15) is 9.59 Å². The highest BCUT2D eigenvalue weighted by atomic mass is 35.5. The quantitative estimate of drug-likeness (QED) is 0.918. The highest BCUT2D eigenvalue weighted by Crippen LogP contribution is 2.20. The molecule has 1 fully saturated rings. The summed E-state index contributed by atoms with van der Waals surface area (Å²) in [6, 6.07) is 1.24. The van der Waals surface area contributed by atoms with E-state index in [-0.39, 0.29) is 28.2 Å². The first kappa shape index (κ1) is 14.7. The first-order valence-electron chi connectivity index (χ1n) is 6.32. The van der Waals surface area contributed by atoms with Crippen molar-refractivity contribution < 1.29 is 19.4 Å². The molecule has 0 saturated carbocycles. The van der Waals surface area contributed by atoms with Gasteiger partial charge in [0.15, 0.2) is 0 Å². The normalized spacial score (nSPS) is 18.9. The highest BCUT2D eigenvalue weighted by Gasteiger charge is 2.29. The van der Waals surface area contributed by atoms with Crippen molar-refractivity contribution in [3.63, 3.8) is 0 Å². The molecule has 0 spiro atoms. The fraction of sp³-hybridized carbons (Fsp3) is 0.462. The molecule has 2 heterocycles. The van der Waals surface area contributed by atoms with Gasteiger partial charge in [0.05, 0.1) is 29.8 Å². The van der Waals surface area contributed by atoms with Crippen LogP contribution in [-0.2, 0) is 4.74 Å². The standard InChI is InChI=1S/C13H15ClN2O4/c1-2-9-7-20-4-3-16(9)12(17)11-10(14)5-8(6-15-11)13(18)19/h5-6,9H,2-4,7H2,1H3,(H,18,19). The maximum atomic E-state index is 12.4. The van der Waals surface area contributed by atoms with E-state index in [0.29, 0.717) is 19.8 Å². The van der Waals surface area contributed by atoms with Gasteiger partial charge in [-0.15, -0.1) is 0 Å². The third-order valence-electron chi connectivity index (χ3n) is 3.25. The number of hydrogen-bond acceptors (Lipinski definition) is 4. The molecule has 6 nitrogen and oxygen atoms in total. The molecule has 1 saturated heterocycles. The predicted molar refractivity (Wildman–Crippen MR) is 72.1 cm³/mol. The van der Waals surface area contributed by atoms with E-state index >= 15 is 0 Å². The lowest BCUT2D eigenvalue weighted by atomic mass is 10.1. The number of aromatic nitrogens is 1. The molecule has 0 bridgehead atoms. The number of aromatic carboxylic acids is 1. The average molecular weight is 299 g/mol. The molecule has 0 aromatic carbocycles. The summed E-state index contributed by atoms with van der Waals surface area (Å²) in [6.07, 6.45) is 1.92. The van der Waals surface area contributed by atoms with Gasteiger partial charge in [-0.1, -0.05) is 18.5 Å². The zero-order chi connectivity index (χ0) is 14.7. The summed E-state index contributed by atoms with van der Waals surface area (Å²) in [5.74, 6) is -1.42. The largest absolute Gasteiger partial charge is 0.478 e. The number of pyridine rings is 1. The number of carboxylic acid groups (broad SMARTS) is 1. The number of carbonyl (C=O) groups excluding carboxylic acids is 1. The molecule has 1 amide bonds. The molecule has 1 aromatic rings. The average Bonchev–Trinajstić information content (AvgIpc) is 2.46. The Bertz CT molecular complexity index is 535. The zero-order valence-corrected chi connectivity index (χ0v) is 11.8. The Hall–Kier alpha value is -1.66. The lowest BCUT2D eigenvalue weighted by molar-refractivity contribution is -0.00310. The van der Waals surface area contributed by atoms with Crippen LogP contribution >= 0.6 is 11.6 Å². The third kappa shape index (κ3) is 2.91. The van der Waals surface area contributed by atoms with Gasteiger partial charge in [0.25, 0.3) is 5.91 Å². The number of rotatable bonds is 3. The lowest BCUT2D eigenvalue weighted by Gasteiger charge is -2.35. The van der Waals surface area contributed by atoms with Gasteiger partial charge >= 0.3 is 5.97 Å². The molecule has 108 valence electrons. The maximum absolute atomic E-state index is 12.4. The van der Waals surface area contributed by atoms with Crippen molar-refractivity contribution >= 4 is 23.5 Å². The van der Waals surface area contributed by atoms with E-state index in [1.807, 2.05) is 6.92 Å². The van der Waals surface area contributed by atoms with E-state index in [1.165, 1.54) is 6.07 Å². The highest BCUT2D eigenvalue weighted by molar-refractivity contribution is 6.33. The molecule has 20 heavy (non-hydrogen) atoms. The summed E-state index contributed by atoms with van der Waals surface area (Å²) in [6.45, 7) is 3.43. The van der Waals surface area contributed by atoms with Crippen LogP contribution in [0.25, 0.3) is 0 Å². The molecule has 0 radical (unpaired) electrons. The van der Waals surface area contributed by atoms with Gasteiger partial charge in [-0.3, -0.25) is 4.79 Å². The molecule has 1 atom stereocenters. The van der Waals surface area contributed by atoms with Crippen molar-refractivity contribution in [1.29, 1.82) is 0 Å². The van der Waals surface area contributed by atoms with Crippen molar-refractivity contribution in [2.75, 3.05) is 19.8 Å². The number of hydrogen-bond donors (Lipinski definition) is 1. The minimum atomic E-state index is -1.13. The first-order valence-corrected chi connectivity index (χ1v) is 6.70. The van der Waals surface area contributed by atoms with E-state index in [2.05, 4.69) is 4.98 Å². The fourth-order valence-corrected chi connectivity index (χ4v) is 2.36. The predicted octanol–water partition coefficient (Wildman–Crippen LogP) is 1.68. The Morgan fingerprint density at radius 1 is 1.60 bits per heavy atom. The summed E-state index contributed by atoms with van der Waals surface area (Å²) in [7, 11) is 0. The van der Waals surface area contributed by atoms with Crippen molar-refractivity contribution in [2.24, 2.45) is 0 Å². The SMILES string of the molecule is CCC1COCCN1C(=O)c1ncc(C(=O)O)cc1Cl. The number of amides is 1. The second-order valence-electron chi connectivity index (χ2n) is 4.50. The van der Waals surface area contributed by atoms with E-state index in [0.717, 1.165) is 12.6 Å². The minimum Gasteiger partial charge on any atom is -0.478 e. The molecule has 1 aromatic heterocycles. The van der Waals surface area contributed by atoms with Crippen molar-refractivity contribution in [3.05, 3.63) is 28.5 Å². The van der Waals surface area contributed by atoms with Crippen LogP contribution in [0.1, 0.15) is 34.2 Å². The Kier molecular flexibility index (Phi) is 4.57. The molecular formula is C13H15ClN2O4. The van der Waals surface area contributed by atoms with E-state index in [4.69, 9.17) is 21.4 Å². The van der Waals surface area contributed by atoms with Crippen molar-refractivity contribution in [1.82, 2.24) is 9.88 Å². The third-order valence-corrected chi connectivity index (χ3v) is 3.54. The maximum Gasteiger partial charge on any atom is 0.337 e. The van der Waals surface area contributed by atoms with Crippen LogP contribution in [0.15, 0.2) is 12.3 Å². The Morgan fingerprint density at radius 3 is 2.95 bits per heavy atom. The van der Waals surface area contributed by atoms with E-state index < -0.39 is 5.97 Å². The summed E-state index contributed by atoms with van der Waals surface area (Å²) in [5.41, 5.74) is 0.0394. The van der Waals surface area contributed by atoms with Crippen LogP contribution in [-0.4, -0.2) is 52.7 Å². The molecule has 1 aliphatic rings. The Morgan fingerprint density at radius 2 is 2.35 bits per heavy atom. The minimum absolute atomic E-state index is 0.00623. The van der Waals surface area contributed by atoms with Crippen molar-refractivity contribution in [3.8, 4) is 0 Å². The lowest BCUT2D eigenvalue weighted by Crippen LogP contribution is -2.48. The van der Waals surface area contributed by atoms with Crippen LogP contribution in [0.3, 0.4) is 0 Å². The summed E-state index contributed by atoms with van der Waals surface area (Å²) >= 11 is 5.97. The van der Waals surface area contributed by atoms with Gasteiger partial charge in [0, 0.05) is 12.7 Å². The first-order chi connectivity index (χ1) is 9.54. The topological polar surface area (TPSA) is 79.7 Å². The van der Waals surface area contributed by atoms with Crippen LogP contribution in [0.2, 0.25) is 5.02 Å². The van der Waals surface area contributed by atoms with E-state index in [1.54, 1.807) is 4.90 Å². The number of morpholine rings is 1. The number of carboxylic acids is 1. The van der Waals surface area contributed by atoms with Crippen LogP contribution in [0.4, 0.5) is 0 Å². The molecule has 7 heteroatoms. The molecule has 1 aliphatic heterocycles. The molecule has 2 rings (SSSR count). The number of ether oxygens (including phenoxy) is 1. The van der Waals surface area contributed by atoms with Gasteiger partial charge in [-0.05, 0) is 12.5 Å². The van der Waals surface area contributed by atoms with Gasteiger partial charge < -0.3 is 14.7 Å². The zero-order valence-electron chi connectivity index (χ0n) is 11.0. The molecule has 1 N–H and O–H groups in total. The summed E-state index contributed by atoms with van der Waals surface area (Å²) in [4.78, 5) is 28.8. The van der Waals surface area contributed by atoms with Crippen LogP contribution in [0.5, 0.6) is 0 Å². The fourth-order valence-electron chi connectivity index (χ4n) is 2.11. The summed E-state index contributed by atoms with van der Waals surface area (Å²) < 4.78 is 5.35. The number of carbonyl (C=O) groups is 2. The molecule has 0 aliphatic carbocycles. The van der Waals surface area contributed by atoms with Crippen LogP contribution in [0, 0.1) is 0 Å².